The number of anilines is 2. The van der Waals surface area contributed by atoms with Gasteiger partial charge in [0.1, 0.15) is 17.2 Å². The molecule has 0 bridgehead atoms. The first kappa shape index (κ1) is 17.0. The van der Waals surface area contributed by atoms with E-state index in [0.717, 1.165) is 39.9 Å². The van der Waals surface area contributed by atoms with Gasteiger partial charge in [0.05, 0.1) is 0 Å². The van der Waals surface area contributed by atoms with Crippen molar-refractivity contribution >= 4 is 28.9 Å². The SMILES string of the molecule is CSc1ccc(-c2nc3ccc(C)cn3c2Nc2ccc3c(c2)OCO3)cc1. The second-order valence-corrected chi connectivity index (χ2v) is 7.54. The largest absolute Gasteiger partial charge is 0.454 e. The van der Waals surface area contributed by atoms with Crippen LogP contribution in [0.25, 0.3) is 16.9 Å². The molecule has 0 saturated heterocycles. The molecule has 0 amide bonds. The van der Waals surface area contributed by atoms with E-state index in [2.05, 4.69) is 59.4 Å². The zero-order valence-electron chi connectivity index (χ0n) is 15.6. The van der Waals surface area contributed by atoms with Gasteiger partial charge in [-0.1, -0.05) is 18.2 Å². The molecule has 0 aliphatic carbocycles. The summed E-state index contributed by atoms with van der Waals surface area (Å²) in [6.45, 7) is 2.34. The monoisotopic (exact) mass is 389 g/mol. The van der Waals surface area contributed by atoms with Crippen molar-refractivity contribution in [1.29, 1.82) is 0 Å². The number of hydrogen-bond donors (Lipinski definition) is 1. The van der Waals surface area contributed by atoms with E-state index in [1.54, 1.807) is 11.8 Å². The number of thioether (sulfide) groups is 1. The predicted molar refractivity (Wildman–Crippen MR) is 113 cm³/mol. The Morgan fingerprint density at radius 3 is 2.64 bits per heavy atom. The number of hydrogen-bond acceptors (Lipinski definition) is 5. The van der Waals surface area contributed by atoms with Crippen LogP contribution in [0, 0.1) is 6.92 Å². The van der Waals surface area contributed by atoms with Crippen molar-refractivity contribution in [3.8, 4) is 22.8 Å². The average molecular weight is 389 g/mol. The number of pyridine rings is 1. The normalized spacial score (nSPS) is 12.5. The Morgan fingerprint density at radius 1 is 1.00 bits per heavy atom. The highest BCUT2D eigenvalue weighted by atomic mass is 32.2. The van der Waals surface area contributed by atoms with Crippen LogP contribution in [0.5, 0.6) is 11.5 Å². The lowest BCUT2D eigenvalue weighted by molar-refractivity contribution is 0.174. The maximum atomic E-state index is 5.52. The molecule has 0 spiro atoms. The van der Waals surface area contributed by atoms with Gasteiger partial charge in [-0.25, -0.2) is 4.98 Å². The molecule has 0 radical (unpaired) electrons. The molecule has 5 nitrogen and oxygen atoms in total. The molecule has 2 aromatic carbocycles. The van der Waals surface area contributed by atoms with Gasteiger partial charge in [-0.15, -0.1) is 11.8 Å². The van der Waals surface area contributed by atoms with Crippen molar-refractivity contribution in [3.05, 3.63) is 66.4 Å². The molecular weight excluding hydrogens is 370 g/mol. The number of rotatable bonds is 4. The third kappa shape index (κ3) is 2.96. The van der Waals surface area contributed by atoms with Gasteiger partial charge in [0.25, 0.3) is 0 Å². The summed E-state index contributed by atoms with van der Waals surface area (Å²) in [6, 6.07) is 18.5. The summed E-state index contributed by atoms with van der Waals surface area (Å²) in [7, 11) is 0. The number of imidazole rings is 1. The van der Waals surface area contributed by atoms with Crippen LogP contribution in [0.1, 0.15) is 5.56 Å². The highest BCUT2D eigenvalue weighted by Crippen LogP contribution is 2.37. The first-order valence-electron chi connectivity index (χ1n) is 9.01. The fourth-order valence-electron chi connectivity index (χ4n) is 3.33. The molecule has 1 aliphatic heterocycles. The zero-order valence-corrected chi connectivity index (χ0v) is 16.4. The highest BCUT2D eigenvalue weighted by molar-refractivity contribution is 7.98. The minimum absolute atomic E-state index is 0.265. The number of nitrogens with zero attached hydrogens (tertiary/aromatic N) is 2. The minimum atomic E-state index is 0.265. The van der Waals surface area contributed by atoms with Crippen LogP contribution in [0.3, 0.4) is 0 Å². The standard InChI is InChI=1S/C22H19N3O2S/c1-14-3-10-20-24-21(15-4-7-17(28-2)8-5-15)22(25(20)12-14)23-16-6-9-18-19(11-16)27-13-26-18/h3-12,23H,13H2,1-2H3. The van der Waals surface area contributed by atoms with E-state index >= 15 is 0 Å². The quantitative estimate of drug-likeness (QED) is 0.467. The fraction of sp³-hybridized carbons (Fsp3) is 0.136. The lowest BCUT2D eigenvalue weighted by Crippen LogP contribution is -1.97. The molecule has 4 aromatic rings. The van der Waals surface area contributed by atoms with E-state index in [-0.39, 0.29) is 6.79 Å². The van der Waals surface area contributed by atoms with Gasteiger partial charge in [-0.3, -0.25) is 4.40 Å². The van der Waals surface area contributed by atoms with Gasteiger partial charge in [-0.2, -0.15) is 0 Å². The molecule has 2 aromatic heterocycles. The van der Waals surface area contributed by atoms with E-state index in [9.17, 15) is 0 Å². The van der Waals surface area contributed by atoms with Crippen LogP contribution >= 0.6 is 11.8 Å². The molecule has 1 N–H and O–H groups in total. The fourth-order valence-corrected chi connectivity index (χ4v) is 3.74. The Bertz CT molecular complexity index is 1170. The molecule has 3 heterocycles. The number of ether oxygens (including phenoxy) is 2. The van der Waals surface area contributed by atoms with E-state index in [0.29, 0.717) is 0 Å². The lowest BCUT2D eigenvalue weighted by Gasteiger charge is -2.10. The van der Waals surface area contributed by atoms with E-state index in [1.807, 2.05) is 24.3 Å². The van der Waals surface area contributed by atoms with Gasteiger partial charge in [0, 0.05) is 28.4 Å². The van der Waals surface area contributed by atoms with Crippen molar-refractivity contribution in [2.75, 3.05) is 18.4 Å². The summed E-state index contributed by atoms with van der Waals surface area (Å²) in [4.78, 5) is 6.12. The van der Waals surface area contributed by atoms with Crippen molar-refractivity contribution in [2.24, 2.45) is 0 Å². The van der Waals surface area contributed by atoms with Crippen molar-refractivity contribution in [3.63, 3.8) is 0 Å². The number of fused-ring (bicyclic) bond motifs is 2. The second-order valence-electron chi connectivity index (χ2n) is 6.67. The van der Waals surface area contributed by atoms with Crippen LogP contribution in [0.15, 0.2) is 65.7 Å². The molecule has 0 atom stereocenters. The van der Waals surface area contributed by atoms with Crippen molar-refractivity contribution in [1.82, 2.24) is 9.38 Å². The van der Waals surface area contributed by atoms with E-state index < -0.39 is 0 Å². The first-order chi connectivity index (χ1) is 13.7. The number of aromatic nitrogens is 2. The summed E-state index contributed by atoms with van der Waals surface area (Å²) < 4.78 is 13.0. The summed E-state index contributed by atoms with van der Waals surface area (Å²) >= 11 is 1.73. The van der Waals surface area contributed by atoms with E-state index in [4.69, 9.17) is 14.5 Å². The predicted octanol–water partition coefficient (Wildman–Crippen LogP) is 5.50. The Balaban J connectivity index is 1.63. The minimum Gasteiger partial charge on any atom is -0.454 e. The van der Waals surface area contributed by atoms with Crippen LogP contribution in [-0.2, 0) is 0 Å². The van der Waals surface area contributed by atoms with Gasteiger partial charge in [0.15, 0.2) is 11.5 Å². The van der Waals surface area contributed by atoms with Gasteiger partial charge in [-0.05, 0) is 49.1 Å². The van der Waals surface area contributed by atoms with Crippen LogP contribution in [0.2, 0.25) is 0 Å². The lowest BCUT2D eigenvalue weighted by atomic mass is 10.1. The Kier molecular flexibility index (Phi) is 4.13. The maximum Gasteiger partial charge on any atom is 0.231 e. The molecule has 140 valence electrons. The zero-order chi connectivity index (χ0) is 19.1. The smallest absolute Gasteiger partial charge is 0.231 e. The second kappa shape index (κ2) is 6.80. The maximum absolute atomic E-state index is 5.52. The molecule has 6 heteroatoms. The third-order valence-corrected chi connectivity index (χ3v) is 5.51. The average Bonchev–Trinajstić information content (AvgIpc) is 3.32. The highest BCUT2D eigenvalue weighted by Gasteiger charge is 2.17. The van der Waals surface area contributed by atoms with Crippen molar-refractivity contribution in [2.45, 2.75) is 11.8 Å². The van der Waals surface area contributed by atoms with Gasteiger partial charge < -0.3 is 14.8 Å². The topological polar surface area (TPSA) is 47.8 Å². The molecule has 0 fully saturated rings. The van der Waals surface area contributed by atoms with E-state index in [1.165, 1.54) is 10.5 Å². The number of benzene rings is 2. The first-order valence-corrected chi connectivity index (χ1v) is 10.2. The molecular formula is C22H19N3O2S. The summed E-state index contributed by atoms with van der Waals surface area (Å²) in [5.74, 6) is 2.45. The summed E-state index contributed by atoms with van der Waals surface area (Å²) in [5, 5.41) is 3.54. The number of aryl methyl sites for hydroxylation is 1. The molecule has 0 saturated carbocycles. The van der Waals surface area contributed by atoms with Crippen LogP contribution in [0.4, 0.5) is 11.5 Å². The van der Waals surface area contributed by atoms with Gasteiger partial charge >= 0.3 is 0 Å². The Morgan fingerprint density at radius 2 is 1.82 bits per heavy atom. The molecule has 5 rings (SSSR count). The summed E-state index contributed by atoms with van der Waals surface area (Å²) in [6.07, 6.45) is 4.17. The molecule has 28 heavy (non-hydrogen) atoms. The number of nitrogens with one attached hydrogen (secondary N) is 1. The summed E-state index contributed by atoms with van der Waals surface area (Å²) in [5.41, 5.74) is 4.98. The Hall–Kier alpha value is -3.12. The van der Waals surface area contributed by atoms with Crippen LogP contribution in [-0.4, -0.2) is 22.4 Å². The third-order valence-electron chi connectivity index (χ3n) is 4.77. The van der Waals surface area contributed by atoms with Gasteiger partial charge in [0.2, 0.25) is 6.79 Å². The van der Waals surface area contributed by atoms with Crippen LogP contribution < -0.4 is 14.8 Å². The van der Waals surface area contributed by atoms with Crippen molar-refractivity contribution < 1.29 is 9.47 Å². The molecule has 1 aliphatic rings. The Labute approximate surface area is 167 Å². The molecule has 0 unspecified atom stereocenters.